The number of carboxylic acids is 2. The molecular weight excluding hydrogens is 234 g/mol. The van der Waals surface area contributed by atoms with Crippen molar-refractivity contribution in [2.75, 3.05) is 0 Å². The summed E-state index contributed by atoms with van der Waals surface area (Å²) in [5, 5.41) is 17.5. The molecule has 0 spiro atoms. The quantitative estimate of drug-likeness (QED) is 0.780. The number of carbonyl (C=O) groups is 2. The average molecular weight is 249 g/mol. The van der Waals surface area contributed by atoms with E-state index in [1.54, 1.807) is 6.07 Å². The molecule has 0 saturated carbocycles. The number of carboxylic acid groups (broad SMARTS) is 2. The van der Waals surface area contributed by atoms with E-state index in [2.05, 4.69) is 4.98 Å². The molecule has 1 aromatic heterocycles. The topological polar surface area (TPSA) is 90.4 Å². The van der Waals surface area contributed by atoms with Crippen LogP contribution in [0.15, 0.2) is 30.3 Å². The lowest BCUT2D eigenvalue weighted by Gasteiger charge is -1.84. The van der Waals surface area contributed by atoms with Gasteiger partial charge in [-0.2, -0.15) is 0 Å². The molecule has 96 valence electrons. The highest BCUT2D eigenvalue weighted by Crippen LogP contribution is 2.13. The normalized spacial score (nSPS) is 9.61. The number of hydrogen-bond donors (Lipinski definition) is 3. The van der Waals surface area contributed by atoms with Crippen molar-refractivity contribution in [2.24, 2.45) is 0 Å². The van der Waals surface area contributed by atoms with E-state index in [0.717, 1.165) is 17.3 Å². The van der Waals surface area contributed by atoms with Crippen molar-refractivity contribution in [1.29, 1.82) is 0 Å². The molecule has 18 heavy (non-hydrogen) atoms. The molecule has 0 fully saturated rings. The summed E-state index contributed by atoms with van der Waals surface area (Å²) in [4.78, 5) is 22.9. The van der Waals surface area contributed by atoms with Crippen LogP contribution >= 0.6 is 0 Å². The number of rotatable bonds is 3. The van der Waals surface area contributed by atoms with E-state index in [1.165, 1.54) is 0 Å². The van der Waals surface area contributed by atoms with E-state index in [0.29, 0.717) is 6.42 Å². The maximum Gasteiger partial charge on any atom is 0.352 e. The Kier molecular flexibility index (Phi) is 4.92. The van der Waals surface area contributed by atoms with Gasteiger partial charge in [-0.3, -0.25) is 4.79 Å². The first-order valence-electron chi connectivity index (χ1n) is 5.57. The maximum absolute atomic E-state index is 10.5. The van der Waals surface area contributed by atoms with Gasteiger partial charge in [0, 0.05) is 17.3 Å². The monoisotopic (exact) mass is 249 g/mol. The fraction of sp³-hybridized carbons (Fsp3) is 0.231. The summed E-state index contributed by atoms with van der Waals surface area (Å²) in [6.07, 6.45) is 1.02. The number of hydrogen-bond acceptors (Lipinski definition) is 2. The third-order valence-corrected chi connectivity index (χ3v) is 2.22. The number of H-pyrrole nitrogens is 1. The third-order valence-electron chi connectivity index (χ3n) is 2.22. The fourth-order valence-electron chi connectivity index (χ4n) is 1.40. The predicted octanol–water partition coefficient (Wildman–Crippen LogP) is 2.74. The van der Waals surface area contributed by atoms with Gasteiger partial charge >= 0.3 is 11.9 Å². The molecule has 2 rings (SSSR count). The van der Waals surface area contributed by atoms with Gasteiger partial charge in [0.05, 0.1) is 0 Å². The van der Waals surface area contributed by atoms with E-state index in [9.17, 15) is 9.59 Å². The summed E-state index contributed by atoms with van der Waals surface area (Å²) in [5.74, 6) is -1.64. The summed E-state index contributed by atoms with van der Waals surface area (Å²) in [6.45, 7) is 1.84. The Labute approximate surface area is 104 Å². The maximum atomic E-state index is 10.5. The van der Waals surface area contributed by atoms with Gasteiger partial charge in [0.25, 0.3) is 0 Å². The van der Waals surface area contributed by atoms with Crippen LogP contribution in [0.1, 0.15) is 30.3 Å². The smallest absolute Gasteiger partial charge is 0.352 e. The minimum Gasteiger partial charge on any atom is -0.481 e. The van der Waals surface area contributed by atoms with Crippen molar-refractivity contribution in [3.8, 4) is 0 Å². The number of nitrogens with one attached hydrogen (secondary N) is 1. The van der Waals surface area contributed by atoms with Crippen LogP contribution in [-0.4, -0.2) is 27.1 Å². The molecule has 0 aliphatic carbocycles. The summed E-state index contributed by atoms with van der Waals surface area (Å²) in [6, 6.07) is 9.09. The molecule has 0 radical (unpaired) electrons. The van der Waals surface area contributed by atoms with Gasteiger partial charge in [-0.15, -0.1) is 0 Å². The number of aromatic nitrogens is 1. The molecule has 1 heterocycles. The first kappa shape index (κ1) is 13.8. The Morgan fingerprint density at radius 1 is 1.22 bits per heavy atom. The Hall–Kier alpha value is -2.30. The molecule has 5 nitrogen and oxygen atoms in total. The van der Waals surface area contributed by atoms with Gasteiger partial charge in [0.2, 0.25) is 0 Å². The molecule has 0 amide bonds. The third kappa shape index (κ3) is 3.93. The molecule has 0 bridgehead atoms. The highest BCUT2D eigenvalue weighted by Gasteiger charge is 2.05. The number of aliphatic carboxylic acids is 1. The van der Waals surface area contributed by atoms with Gasteiger partial charge < -0.3 is 15.2 Å². The second-order valence-corrected chi connectivity index (χ2v) is 3.72. The van der Waals surface area contributed by atoms with Crippen molar-refractivity contribution in [3.05, 3.63) is 36.0 Å². The minimum absolute atomic E-state index is 0.233. The van der Waals surface area contributed by atoms with E-state index in [4.69, 9.17) is 10.2 Å². The molecule has 1 aromatic carbocycles. The van der Waals surface area contributed by atoms with Crippen LogP contribution in [0.2, 0.25) is 0 Å². The molecule has 0 aliphatic heterocycles. The second-order valence-electron chi connectivity index (χ2n) is 3.72. The molecular formula is C13H15NO4. The van der Waals surface area contributed by atoms with E-state index in [-0.39, 0.29) is 5.69 Å². The zero-order valence-electron chi connectivity index (χ0n) is 10.0. The Balaban J connectivity index is 0.000000232. The van der Waals surface area contributed by atoms with Crippen LogP contribution in [0.3, 0.4) is 0 Å². The Morgan fingerprint density at radius 3 is 2.33 bits per heavy atom. The molecule has 0 saturated heterocycles. The number of fused-ring (bicyclic) bond motifs is 1. The van der Waals surface area contributed by atoms with Crippen molar-refractivity contribution in [3.63, 3.8) is 0 Å². The molecule has 0 aliphatic rings. The molecule has 0 unspecified atom stereocenters. The lowest BCUT2D eigenvalue weighted by atomic mass is 10.2. The zero-order chi connectivity index (χ0) is 13.5. The van der Waals surface area contributed by atoms with Gasteiger partial charge in [-0.25, -0.2) is 4.79 Å². The lowest BCUT2D eigenvalue weighted by molar-refractivity contribution is -0.137. The van der Waals surface area contributed by atoms with Crippen LogP contribution in [-0.2, 0) is 4.79 Å². The van der Waals surface area contributed by atoms with Crippen LogP contribution < -0.4 is 0 Å². The number of benzene rings is 1. The fourth-order valence-corrected chi connectivity index (χ4v) is 1.40. The number of aromatic amines is 1. The SMILES string of the molecule is CCCC(=O)O.O=C(O)c1cc2ccccc2[nH]1. The zero-order valence-corrected chi connectivity index (χ0v) is 10.0. The van der Waals surface area contributed by atoms with E-state index < -0.39 is 11.9 Å². The Morgan fingerprint density at radius 2 is 1.89 bits per heavy atom. The van der Waals surface area contributed by atoms with Crippen molar-refractivity contribution in [2.45, 2.75) is 19.8 Å². The first-order valence-corrected chi connectivity index (χ1v) is 5.57. The van der Waals surface area contributed by atoms with Gasteiger partial charge in [-0.1, -0.05) is 25.1 Å². The summed E-state index contributed by atoms with van der Waals surface area (Å²) in [5.41, 5.74) is 1.09. The van der Waals surface area contributed by atoms with E-state index >= 15 is 0 Å². The summed E-state index contributed by atoms with van der Waals surface area (Å²) < 4.78 is 0. The van der Waals surface area contributed by atoms with Crippen LogP contribution in [0.4, 0.5) is 0 Å². The largest absolute Gasteiger partial charge is 0.481 e. The van der Waals surface area contributed by atoms with Gasteiger partial charge in [-0.05, 0) is 18.6 Å². The summed E-state index contributed by atoms with van der Waals surface area (Å²) >= 11 is 0. The second kappa shape index (κ2) is 6.44. The Bertz CT molecular complexity index is 512. The van der Waals surface area contributed by atoms with Crippen LogP contribution in [0.5, 0.6) is 0 Å². The summed E-state index contributed by atoms with van der Waals surface area (Å²) in [7, 11) is 0. The van der Waals surface area contributed by atoms with E-state index in [1.807, 2.05) is 31.2 Å². The standard InChI is InChI=1S/C9H7NO2.C4H8O2/c11-9(12)8-5-6-3-1-2-4-7(6)10-8;1-2-3-4(5)6/h1-5,10H,(H,11,12);2-3H2,1H3,(H,5,6). The highest BCUT2D eigenvalue weighted by molar-refractivity contribution is 5.93. The first-order chi connectivity index (χ1) is 8.54. The molecule has 0 atom stereocenters. The lowest BCUT2D eigenvalue weighted by Crippen LogP contribution is -1.94. The number of para-hydroxylation sites is 1. The van der Waals surface area contributed by atoms with Crippen LogP contribution in [0.25, 0.3) is 10.9 Å². The number of aromatic carboxylic acids is 1. The van der Waals surface area contributed by atoms with Crippen molar-refractivity contribution < 1.29 is 19.8 Å². The molecule has 2 aromatic rings. The molecule has 3 N–H and O–H groups in total. The predicted molar refractivity (Wildman–Crippen MR) is 67.8 cm³/mol. The van der Waals surface area contributed by atoms with Crippen LogP contribution in [0, 0.1) is 0 Å². The highest BCUT2D eigenvalue weighted by atomic mass is 16.4. The average Bonchev–Trinajstić information content (AvgIpc) is 2.73. The van der Waals surface area contributed by atoms with Crippen molar-refractivity contribution in [1.82, 2.24) is 4.98 Å². The van der Waals surface area contributed by atoms with Crippen molar-refractivity contribution >= 4 is 22.8 Å². The van der Waals surface area contributed by atoms with Gasteiger partial charge in [0.15, 0.2) is 0 Å². The molecule has 5 heteroatoms. The van der Waals surface area contributed by atoms with Gasteiger partial charge in [0.1, 0.15) is 5.69 Å². The minimum atomic E-state index is -0.925.